The van der Waals surface area contributed by atoms with Gasteiger partial charge in [0, 0.05) is 54.7 Å². The van der Waals surface area contributed by atoms with Crippen LogP contribution in [-0.4, -0.2) is 42.6 Å². The van der Waals surface area contributed by atoms with Crippen LogP contribution in [0.5, 0.6) is 0 Å². The zero-order chi connectivity index (χ0) is 22.7. The first kappa shape index (κ1) is 22.8. The van der Waals surface area contributed by atoms with Gasteiger partial charge in [-0.1, -0.05) is 37.0 Å². The van der Waals surface area contributed by atoms with Gasteiger partial charge in [0.1, 0.15) is 6.33 Å². The monoisotopic (exact) mass is 433 g/mol. The highest BCUT2D eigenvalue weighted by atomic mass is 15.3. The molecule has 0 saturated heterocycles. The summed E-state index contributed by atoms with van der Waals surface area (Å²) in [7, 11) is 0. The van der Waals surface area contributed by atoms with Crippen LogP contribution in [0.1, 0.15) is 82.7 Å². The smallest absolute Gasteiger partial charge is 0.220 e. The number of hydrogen-bond donors (Lipinski definition) is 0. The van der Waals surface area contributed by atoms with E-state index >= 15 is 0 Å². The van der Waals surface area contributed by atoms with Gasteiger partial charge in [-0.15, -0.1) is 0 Å². The molecule has 0 aliphatic heterocycles. The lowest BCUT2D eigenvalue weighted by atomic mass is 9.86. The number of nitrogens with zero attached hydrogens (tertiary/aromatic N) is 5. The first-order valence-corrected chi connectivity index (χ1v) is 12.4. The lowest BCUT2D eigenvalue weighted by Crippen LogP contribution is -2.38. The summed E-state index contributed by atoms with van der Waals surface area (Å²) < 4.78 is 4.46. The van der Waals surface area contributed by atoms with Crippen LogP contribution in [0.2, 0.25) is 0 Å². The Morgan fingerprint density at radius 2 is 1.69 bits per heavy atom. The fourth-order valence-corrected chi connectivity index (χ4v) is 5.26. The summed E-state index contributed by atoms with van der Waals surface area (Å²) in [6, 6.07) is 9.91. The molecule has 32 heavy (non-hydrogen) atoms. The first-order valence-electron chi connectivity index (χ1n) is 12.4. The van der Waals surface area contributed by atoms with E-state index < -0.39 is 0 Å². The number of aromatic nitrogens is 4. The van der Waals surface area contributed by atoms with E-state index in [-0.39, 0.29) is 0 Å². The molecule has 0 radical (unpaired) electrons. The van der Waals surface area contributed by atoms with Crippen molar-refractivity contribution in [1.29, 1.82) is 0 Å². The Hall–Kier alpha value is -2.40. The van der Waals surface area contributed by atoms with Crippen molar-refractivity contribution in [2.45, 2.75) is 91.1 Å². The van der Waals surface area contributed by atoms with Gasteiger partial charge in [-0.2, -0.15) is 0 Å². The lowest BCUT2D eigenvalue weighted by molar-refractivity contribution is 0.176. The van der Waals surface area contributed by atoms with Gasteiger partial charge in [-0.3, -0.25) is 14.0 Å². The van der Waals surface area contributed by atoms with E-state index in [2.05, 4.69) is 77.9 Å². The molecule has 1 fully saturated rings. The van der Waals surface area contributed by atoms with Gasteiger partial charge in [0.05, 0.1) is 5.69 Å². The Morgan fingerprint density at radius 3 is 2.28 bits per heavy atom. The van der Waals surface area contributed by atoms with Crippen LogP contribution in [0.25, 0.3) is 11.6 Å². The Labute approximate surface area is 193 Å². The van der Waals surface area contributed by atoms with Crippen LogP contribution < -0.4 is 0 Å². The third-order valence-corrected chi connectivity index (χ3v) is 6.94. The molecule has 1 aliphatic rings. The minimum Gasteiger partial charge on any atom is -0.298 e. The maximum absolute atomic E-state index is 5.31. The molecule has 1 saturated carbocycles. The summed E-state index contributed by atoms with van der Waals surface area (Å²) in [5.74, 6) is 1.52. The molecule has 5 heteroatoms. The highest BCUT2D eigenvalue weighted by Gasteiger charge is 2.27. The molecule has 4 rings (SSSR count). The van der Waals surface area contributed by atoms with Crippen molar-refractivity contribution >= 4 is 0 Å². The van der Waals surface area contributed by atoms with Gasteiger partial charge in [-0.05, 0) is 59.6 Å². The van der Waals surface area contributed by atoms with Crippen molar-refractivity contribution in [2.24, 2.45) is 0 Å². The minimum absolute atomic E-state index is 0.525. The lowest BCUT2D eigenvalue weighted by Gasteiger charge is -2.31. The number of rotatable bonds is 8. The number of imidazole rings is 2. The second-order valence-corrected chi connectivity index (χ2v) is 9.89. The summed E-state index contributed by atoms with van der Waals surface area (Å²) in [5.41, 5.74) is 5.14. The largest absolute Gasteiger partial charge is 0.298 e. The molecule has 2 heterocycles. The van der Waals surface area contributed by atoms with Crippen LogP contribution in [0.3, 0.4) is 0 Å². The number of hydrogen-bond acceptors (Lipinski definition) is 3. The molecule has 0 amide bonds. The fourth-order valence-electron chi connectivity index (χ4n) is 5.26. The van der Waals surface area contributed by atoms with E-state index in [9.17, 15) is 0 Å². The Kier molecular flexibility index (Phi) is 7.14. The molecule has 0 spiro atoms. The standard InChI is InChI=1S/C27H39N5/c1-20(2)31(21(3)4)17-15-25-26(23-9-7-6-8-10-23)29-27(30-18-16-28-19-30)32(25)24-13-11-22(5)12-14-24/h11-14,16,18-21,23H,6-10,15,17H2,1-5H3. The zero-order valence-corrected chi connectivity index (χ0v) is 20.5. The van der Waals surface area contributed by atoms with Gasteiger partial charge in [0.15, 0.2) is 0 Å². The molecule has 1 aliphatic carbocycles. The summed E-state index contributed by atoms with van der Waals surface area (Å²) >= 11 is 0. The fraction of sp³-hybridized carbons (Fsp3) is 0.556. The van der Waals surface area contributed by atoms with E-state index in [1.54, 1.807) is 0 Å². The maximum atomic E-state index is 5.31. The molecular weight excluding hydrogens is 394 g/mol. The molecule has 3 aromatic rings. The van der Waals surface area contributed by atoms with Gasteiger partial charge in [0.2, 0.25) is 5.95 Å². The molecule has 5 nitrogen and oxygen atoms in total. The van der Waals surface area contributed by atoms with E-state index in [1.165, 1.54) is 54.7 Å². The van der Waals surface area contributed by atoms with Crippen LogP contribution in [0.15, 0.2) is 43.0 Å². The molecule has 0 bridgehead atoms. The van der Waals surface area contributed by atoms with Crippen molar-refractivity contribution in [3.8, 4) is 11.6 Å². The highest BCUT2D eigenvalue weighted by Crippen LogP contribution is 2.36. The maximum Gasteiger partial charge on any atom is 0.220 e. The summed E-state index contributed by atoms with van der Waals surface area (Å²) in [5, 5.41) is 0. The predicted octanol–water partition coefficient (Wildman–Crippen LogP) is 6.08. The van der Waals surface area contributed by atoms with Crippen molar-refractivity contribution in [1.82, 2.24) is 24.0 Å². The first-order chi connectivity index (χ1) is 15.5. The molecule has 0 atom stereocenters. The SMILES string of the molecule is Cc1ccc(-n2c(-n3ccnc3)nc(C3CCCCC3)c2CCN(C(C)C)C(C)C)cc1. The minimum atomic E-state index is 0.525. The molecule has 0 N–H and O–H groups in total. The average Bonchev–Trinajstić information content (AvgIpc) is 3.43. The van der Waals surface area contributed by atoms with E-state index in [0.29, 0.717) is 18.0 Å². The van der Waals surface area contributed by atoms with Gasteiger partial charge < -0.3 is 0 Å². The molecule has 172 valence electrons. The second kappa shape index (κ2) is 10.0. The zero-order valence-electron chi connectivity index (χ0n) is 20.5. The normalized spacial score (nSPS) is 15.4. The summed E-state index contributed by atoms with van der Waals surface area (Å²) in [4.78, 5) is 12.2. The molecule has 0 unspecified atom stereocenters. The van der Waals surface area contributed by atoms with E-state index in [0.717, 1.165) is 18.9 Å². The van der Waals surface area contributed by atoms with E-state index in [4.69, 9.17) is 4.98 Å². The molecular formula is C27H39N5. The highest BCUT2D eigenvalue weighted by molar-refractivity contribution is 5.44. The summed E-state index contributed by atoms with van der Waals surface area (Å²) in [6.07, 6.45) is 13.2. The van der Waals surface area contributed by atoms with Crippen LogP contribution in [0, 0.1) is 6.92 Å². The average molecular weight is 434 g/mol. The van der Waals surface area contributed by atoms with Crippen molar-refractivity contribution in [2.75, 3.05) is 6.54 Å². The Bertz CT molecular complexity index is 968. The van der Waals surface area contributed by atoms with Gasteiger partial charge in [-0.25, -0.2) is 9.97 Å². The summed E-state index contributed by atoms with van der Waals surface area (Å²) in [6.45, 7) is 12.4. The van der Waals surface area contributed by atoms with Crippen LogP contribution in [0.4, 0.5) is 0 Å². The third-order valence-electron chi connectivity index (χ3n) is 6.94. The van der Waals surface area contributed by atoms with Crippen molar-refractivity contribution in [3.05, 3.63) is 59.9 Å². The predicted molar refractivity (Wildman–Crippen MR) is 132 cm³/mol. The topological polar surface area (TPSA) is 38.9 Å². The second-order valence-electron chi connectivity index (χ2n) is 9.89. The van der Waals surface area contributed by atoms with Crippen LogP contribution >= 0.6 is 0 Å². The van der Waals surface area contributed by atoms with Crippen molar-refractivity contribution < 1.29 is 0 Å². The van der Waals surface area contributed by atoms with Crippen LogP contribution in [-0.2, 0) is 6.42 Å². The van der Waals surface area contributed by atoms with Crippen molar-refractivity contribution in [3.63, 3.8) is 0 Å². The van der Waals surface area contributed by atoms with Gasteiger partial charge >= 0.3 is 0 Å². The Morgan fingerprint density at radius 1 is 1.00 bits per heavy atom. The molecule has 1 aromatic carbocycles. The Balaban J connectivity index is 1.83. The van der Waals surface area contributed by atoms with Gasteiger partial charge in [0.25, 0.3) is 0 Å². The number of benzene rings is 1. The molecule has 2 aromatic heterocycles. The third kappa shape index (κ3) is 4.83. The van der Waals surface area contributed by atoms with E-state index in [1.807, 2.05) is 18.7 Å². The number of aryl methyl sites for hydroxylation is 1. The quantitative estimate of drug-likeness (QED) is 0.432.